The van der Waals surface area contributed by atoms with Crippen LogP contribution in [0.4, 0.5) is 0 Å². The molecule has 1 amide bonds. The fraction of sp³-hybridized carbons (Fsp3) is 0.867. The third-order valence-corrected chi connectivity index (χ3v) is 5.61. The van der Waals surface area contributed by atoms with Gasteiger partial charge in [0.15, 0.2) is 5.84 Å². The number of rotatable bonds is 7. The Labute approximate surface area is 132 Å². The molecule has 6 heteroatoms. The van der Waals surface area contributed by atoms with Crippen LogP contribution in [0.1, 0.15) is 52.9 Å². The molecule has 0 aliphatic carbocycles. The van der Waals surface area contributed by atoms with E-state index in [1.165, 1.54) is 0 Å². The average Bonchev–Trinajstić information content (AvgIpc) is 2.53. The lowest BCUT2D eigenvalue weighted by molar-refractivity contribution is -0.139. The van der Waals surface area contributed by atoms with Crippen LogP contribution in [0.2, 0.25) is 0 Å². The van der Waals surface area contributed by atoms with E-state index in [-0.39, 0.29) is 11.7 Å². The lowest BCUT2D eigenvalue weighted by Gasteiger charge is -2.39. The summed E-state index contributed by atoms with van der Waals surface area (Å²) in [5.41, 5.74) is 5.11. The van der Waals surface area contributed by atoms with E-state index >= 15 is 0 Å². The summed E-state index contributed by atoms with van der Waals surface area (Å²) in [6, 6.07) is 0. The fourth-order valence-corrected chi connectivity index (χ4v) is 4.29. The van der Waals surface area contributed by atoms with Crippen molar-refractivity contribution in [3.63, 3.8) is 0 Å². The van der Waals surface area contributed by atoms with Gasteiger partial charge in [-0.15, -0.1) is 0 Å². The van der Waals surface area contributed by atoms with E-state index in [1.54, 1.807) is 0 Å². The van der Waals surface area contributed by atoms with Gasteiger partial charge >= 0.3 is 0 Å². The highest BCUT2D eigenvalue weighted by molar-refractivity contribution is 8.00. The lowest BCUT2D eigenvalue weighted by atomic mass is 9.76. The Morgan fingerprint density at radius 1 is 1.38 bits per heavy atom. The largest absolute Gasteiger partial charge is 0.409 e. The molecule has 0 aromatic heterocycles. The molecule has 0 bridgehead atoms. The first kappa shape index (κ1) is 18.1. The number of thioether (sulfide) groups is 1. The summed E-state index contributed by atoms with van der Waals surface area (Å²) < 4.78 is 0. The molecule has 0 aromatic carbocycles. The number of nitrogens with zero attached hydrogens (tertiary/aromatic N) is 2. The molecule has 1 unspecified atom stereocenters. The summed E-state index contributed by atoms with van der Waals surface area (Å²) in [6.45, 7) is 7.74. The Balaban J connectivity index is 3.03. The first-order chi connectivity index (χ1) is 10.1. The highest BCUT2D eigenvalue weighted by atomic mass is 32.2. The molecule has 0 saturated carbocycles. The molecule has 1 fully saturated rings. The summed E-state index contributed by atoms with van der Waals surface area (Å²) in [4.78, 5) is 15.0. The van der Waals surface area contributed by atoms with Gasteiger partial charge in [0.05, 0.1) is 0 Å². The van der Waals surface area contributed by atoms with Gasteiger partial charge in [0, 0.05) is 24.1 Å². The molecule has 1 rings (SSSR count). The number of carbonyl (C=O) groups excluding carboxylic acids is 1. The number of hydrogen-bond donors (Lipinski definition) is 2. The molecule has 1 aliphatic heterocycles. The van der Waals surface area contributed by atoms with Crippen LogP contribution in [-0.2, 0) is 4.79 Å². The van der Waals surface area contributed by atoms with Crippen LogP contribution in [0.5, 0.6) is 0 Å². The maximum absolute atomic E-state index is 13.1. The molecule has 122 valence electrons. The monoisotopic (exact) mass is 315 g/mol. The molecule has 1 atom stereocenters. The van der Waals surface area contributed by atoms with Gasteiger partial charge in [-0.05, 0) is 19.3 Å². The molecule has 0 aromatic rings. The van der Waals surface area contributed by atoms with Crippen LogP contribution in [0.15, 0.2) is 5.16 Å². The maximum Gasteiger partial charge on any atom is 0.236 e. The predicted octanol–water partition coefficient (Wildman–Crippen LogP) is 2.67. The van der Waals surface area contributed by atoms with Crippen molar-refractivity contribution in [2.45, 2.75) is 58.1 Å². The zero-order valence-corrected chi connectivity index (χ0v) is 14.3. The maximum atomic E-state index is 13.1. The third-order valence-electron chi connectivity index (χ3n) is 4.24. The number of oxime groups is 1. The van der Waals surface area contributed by atoms with E-state index in [4.69, 9.17) is 10.9 Å². The van der Waals surface area contributed by atoms with Gasteiger partial charge < -0.3 is 15.8 Å². The van der Waals surface area contributed by atoms with E-state index < -0.39 is 5.41 Å². The van der Waals surface area contributed by atoms with Crippen LogP contribution in [0, 0.1) is 5.41 Å². The Morgan fingerprint density at radius 2 is 2.00 bits per heavy atom. The van der Waals surface area contributed by atoms with Crippen molar-refractivity contribution < 1.29 is 10.0 Å². The third kappa shape index (κ3) is 4.05. The normalized spacial score (nSPS) is 20.6. The zero-order valence-electron chi connectivity index (χ0n) is 13.5. The second-order valence-electron chi connectivity index (χ2n) is 5.72. The van der Waals surface area contributed by atoms with Crippen molar-refractivity contribution in [2.24, 2.45) is 16.3 Å². The fourth-order valence-electron chi connectivity index (χ4n) is 3.11. The summed E-state index contributed by atoms with van der Waals surface area (Å²) in [5.74, 6) is 1.08. The van der Waals surface area contributed by atoms with Gasteiger partial charge in [-0.1, -0.05) is 38.8 Å². The summed E-state index contributed by atoms with van der Waals surface area (Å²) in [6.07, 6.45) is 4.00. The molecule has 1 heterocycles. The van der Waals surface area contributed by atoms with Crippen molar-refractivity contribution in [3.05, 3.63) is 0 Å². The lowest BCUT2D eigenvalue weighted by Crippen LogP contribution is -2.54. The van der Waals surface area contributed by atoms with Crippen molar-refractivity contribution in [3.8, 4) is 0 Å². The Hall–Kier alpha value is -0.910. The van der Waals surface area contributed by atoms with Crippen molar-refractivity contribution in [1.29, 1.82) is 0 Å². The number of carbonyl (C=O) groups is 1. The van der Waals surface area contributed by atoms with Crippen LogP contribution >= 0.6 is 11.8 Å². The molecule has 0 spiro atoms. The van der Waals surface area contributed by atoms with Gasteiger partial charge in [-0.25, -0.2) is 0 Å². The van der Waals surface area contributed by atoms with E-state index in [9.17, 15) is 4.79 Å². The van der Waals surface area contributed by atoms with Gasteiger partial charge in [-0.2, -0.15) is 11.8 Å². The minimum absolute atomic E-state index is 0.0419. The minimum Gasteiger partial charge on any atom is -0.409 e. The second-order valence-corrected chi connectivity index (χ2v) is 7.13. The van der Waals surface area contributed by atoms with Crippen molar-refractivity contribution in [2.75, 3.05) is 18.8 Å². The Bertz CT molecular complexity index is 368. The highest BCUT2D eigenvalue weighted by Gasteiger charge is 2.44. The second kappa shape index (κ2) is 8.51. The van der Waals surface area contributed by atoms with E-state index in [1.807, 2.05) is 30.5 Å². The smallest absolute Gasteiger partial charge is 0.236 e. The van der Waals surface area contributed by atoms with Crippen molar-refractivity contribution >= 4 is 23.5 Å². The summed E-state index contributed by atoms with van der Waals surface area (Å²) >= 11 is 1.93. The van der Waals surface area contributed by atoms with Gasteiger partial charge in [0.25, 0.3) is 0 Å². The highest BCUT2D eigenvalue weighted by Crippen LogP contribution is 2.34. The first-order valence-electron chi connectivity index (χ1n) is 7.94. The molecule has 21 heavy (non-hydrogen) atoms. The molecule has 1 aliphatic rings. The van der Waals surface area contributed by atoms with Crippen LogP contribution in [0.3, 0.4) is 0 Å². The Kier molecular flexibility index (Phi) is 7.35. The topological polar surface area (TPSA) is 78.9 Å². The van der Waals surface area contributed by atoms with Crippen LogP contribution < -0.4 is 5.73 Å². The number of nitrogens with two attached hydrogens (primary N) is 1. The Morgan fingerprint density at radius 3 is 2.48 bits per heavy atom. The summed E-state index contributed by atoms with van der Waals surface area (Å²) in [7, 11) is 0. The predicted molar refractivity (Wildman–Crippen MR) is 88.8 cm³/mol. The molecule has 3 N–H and O–H groups in total. The van der Waals surface area contributed by atoms with Gasteiger partial charge in [0.1, 0.15) is 5.41 Å². The van der Waals surface area contributed by atoms with E-state index in [2.05, 4.69) is 12.1 Å². The summed E-state index contributed by atoms with van der Waals surface area (Å²) in [5, 5.41) is 12.8. The zero-order chi connectivity index (χ0) is 15.9. The standard InChI is InChI=1S/C15H29N3O2S/c1-4-7-15(8-5-2,13(16)17-20)14(19)18-9-10-21-12(6-3)11-18/h12,20H,4-11H2,1-3H3,(H2,16,17). The van der Waals surface area contributed by atoms with Crippen molar-refractivity contribution in [1.82, 2.24) is 4.90 Å². The van der Waals surface area contributed by atoms with Gasteiger partial charge in [-0.3, -0.25) is 4.79 Å². The van der Waals surface area contributed by atoms with Crippen LogP contribution in [0.25, 0.3) is 0 Å². The molecule has 1 saturated heterocycles. The average molecular weight is 315 g/mol. The molecule has 5 nitrogen and oxygen atoms in total. The minimum atomic E-state index is -0.835. The molecular formula is C15H29N3O2S. The molecular weight excluding hydrogens is 286 g/mol. The van der Waals surface area contributed by atoms with Gasteiger partial charge in [0.2, 0.25) is 5.91 Å². The van der Waals surface area contributed by atoms with E-state index in [0.29, 0.717) is 18.1 Å². The first-order valence-corrected chi connectivity index (χ1v) is 8.99. The number of hydrogen-bond acceptors (Lipinski definition) is 4. The number of amidine groups is 1. The SMILES string of the molecule is CCCC(CCC)(C(=O)N1CCSC(CC)C1)C(N)=NO. The molecule has 0 radical (unpaired) electrons. The number of amides is 1. The quantitative estimate of drug-likeness (QED) is 0.328. The van der Waals surface area contributed by atoms with Crippen LogP contribution in [-0.4, -0.2) is 45.9 Å². The van der Waals surface area contributed by atoms with E-state index in [0.717, 1.165) is 38.1 Å².